The predicted octanol–water partition coefficient (Wildman–Crippen LogP) is 3.05. The summed E-state index contributed by atoms with van der Waals surface area (Å²) in [4.78, 5) is 8.47. The molecule has 1 aliphatic heterocycles. The van der Waals surface area contributed by atoms with Gasteiger partial charge in [-0.25, -0.2) is 4.98 Å². The van der Waals surface area contributed by atoms with E-state index in [1.54, 1.807) is 13.2 Å². The van der Waals surface area contributed by atoms with Gasteiger partial charge in [0.15, 0.2) is 5.96 Å². The number of guanidine groups is 1. The van der Waals surface area contributed by atoms with E-state index in [0.717, 1.165) is 18.1 Å². The average molecular weight is 450 g/mol. The van der Waals surface area contributed by atoms with E-state index in [1.807, 2.05) is 30.8 Å². The molecule has 0 bridgehead atoms. The first-order valence-electron chi connectivity index (χ1n) is 7.81. The summed E-state index contributed by atoms with van der Waals surface area (Å²) in [5, 5.41) is 6.78. The van der Waals surface area contributed by atoms with Crippen LogP contribution in [0.2, 0.25) is 0 Å². The van der Waals surface area contributed by atoms with Gasteiger partial charge in [0.25, 0.3) is 0 Å². The third-order valence-corrected chi connectivity index (χ3v) is 5.24. The monoisotopic (exact) mass is 450 g/mol. The van der Waals surface area contributed by atoms with Crippen molar-refractivity contribution in [2.24, 2.45) is 4.99 Å². The minimum atomic E-state index is 0. The Kier molecular flexibility index (Phi) is 9.04. The van der Waals surface area contributed by atoms with Gasteiger partial charge in [-0.1, -0.05) is 0 Å². The summed E-state index contributed by atoms with van der Waals surface area (Å²) in [6.07, 6.45) is 4.35. The van der Waals surface area contributed by atoms with Gasteiger partial charge in [0.05, 0.1) is 6.61 Å². The molecule has 23 heavy (non-hydrogen) atoms. The van der Waals surface area contributed by atoms with E-state index in [-0.39, 0.29) is 24.0 Å². The Labute approximate surface area is 160 Å². The number of halogens is 1. The molecule has 1 saturated heterocycles. The summed E-state index contributed by atoms with van der Waals surface area (Å²) in [5.41, 5.74) is 1.13. The van der Waals surface area contributed by atoms with Crippen LogP contribution >= 0.6 is 35.7 Å². The molecule has 1 aromatic heterocycles. The summed E-state index contributed by atoms with van der Waals surface area (Å²) in [6.45, 7) is 6.55. The van der Waals surface area contributed by atoms with Crippen LogP contribution in [0.1, 0.15) is 32.3 Å². The van der Waals surface area contributed by atoms with Gasteiger partial charge in [0, 0.05) is 37.1 Å². The number of nitrogens with one attached hydrogen (secondary N) is 2. The molecule has 0 amide bonds. The number of aliphatic imine (C=N–C) groups is 1. The molecule has 0 aromatic carbocycles. The number of hydrogen-bond acceptors (Lipinski definition) is 4. The van der Waals surface area contributed by atoms with Crippen molar-refractivity contribution in [3.63, 3.8) is 0 Å². The Morgan fingerprint density at radius 1 is 1.48 bits per heavy atom. The highest BCUT2D eigenvalue weighted by atomic mass is 127. The molecule has 130 valence electrons. The van der Waals surface area contributed by atoms with Crippen molar-refractivity contribution in [1.29, 1.82) is 0 Å². The van der Waals surface area contributed by atoms with Crippen LogP contribution in [0.5, 0.6) is 5.88 Å². The number of thioether (sulfide) groups is 1. The average Bonchev–Trinajstić information content (AvgIpc) is 2.95. The van der Waals surface area contributed by atoms with Gasteiger partial charge in [-0.05, 0) is 44.1 Å². The highest BCUT2D eigenvalue weighted by molar-refractivity contribution is 14.0. The Bertz CT molecular complexity index is 507. The quantitative estimate of drug-likeness (QED) is 0.397. The third kappa shape index (κ3) is 6.74. The Hall–Kier alpha value is -0.700. The van der Waals surface area contributed by atoms with E-state index >= 15 is 0 Å². The zero-order chi connectivity index (χ0) is 15.8. The number of aromatic nitrogens is 1. The number of rotatable bonds is 6. The van der Waals surface area contributed by atoms with Crippen molar-refractivity contribution in [1.82, 2.24) is 15.6 Å². The highest BCUT2D eigenvalue weighted by Crippen LogP contribution is 2.36. The van der Waals surface area contributed by atoms with Crippen molar-refractivity contribution in [2.45, 2.75) is 38.0 Å². The first kappa shape index (κ1) is 20.3. The van der Waals surface area contributed by atoms with Gasteiger partial charge < -0.3 is 15.4 Å². The molecule has 7 heteroatoms. The fourth-order valence-corrected chi connectivity index (χ4v) is 3.68. The number of nitrogens with zero attached hydrogens (tertiary/aromatic N) is 2. The van der Waals surface area contributed by atoms with E-state index in [2.05, 4.69) is 27.5 Å². The second-order valence-electron chi connectivity index (χ2n) is 5.62. The molecule has 1 atom stereocenters. The third-order valence-electron chi connectivity index (χ3n) is 3.71. The fraction of sp³-hybridized carbons (Fsp3) is 0.625. The van der Waals surface area contributed by atoms with E-state index in [4.69, 9.17) is 4.74 Å². The van der Waals surface area contributed by atoms with Crippen molar-refractivity contribution in [3.05, 3.63) is 23.9 Å². The first-order valence-corrected chi connectivity index (χ1v) is 8.80. The SMILES string of the molecule is CCOc1cc(CNC(=NC)NCC2(C)CCCS2)ccn1.I. The van der Waals surface area contributed by atoms with Crippen LogP contribution in [0, 0.1) is 0 Å². The zero-order valence-corrected chi connectivity index (χ0v) is 17.2. The normalized spacial score (nSPS) is 20.7. The lowest BCUT2D eigenvalue weighted by Crippen LogP contribution is -2.43. The van der Waals surface area contributed by atoms with Gasteiger partial charge >= 0.3 is 0 Å². The predicted molar refractivity (Wildman–Crippen MR) is 109 cm³/mol. The molecule has 1 fully saturated rings. The standard InChI is InChI=1S/C16H26N4OS.HI/c1-4-21-14-10-13(6-8-18-14)11-19-15(17-3)20-12-16(2)7-5-9-22-16;/h6,8,10H,4-5,7,9,11-12H2,1-3H3,(H2,17,19,20);1H. The minimum absolute atomic E-state index is 0. The van der Waals surface area contributed by atoms with Crippen LogP contribution < -0.4 is 15.4 Å². The van der Waals surface area contributed by atoms with Crippen LogP contribution in [0.25, 0.3) is 0 Å². The molecular weight excluding hydrogens is 423 g/mol. The number of hydrogen-bond donors (Lipinski definition) is 2. The number of pyridine rings is 1. The van der Waals surface area contributed by atoms with Gasteiger partial charge in [-0.15, -0.1) is 24.0 Å². The summed E-state index contributed by atoms with van der Waals surface area (Å²) in [5.74, 6) is 2.77. The smallest absolute Gasteiger partial charge is 0.213 e. The van der Waals surface area contributed by atoms with E-state index in [9.17, 15) is 0 Å². The lowest BCUT2D eigenvalue weighted by molar-refractivity contribution is 0.326. The molecule has 0 spiro atoms. The van der Waals surface area contributed by atoms with Gasteiger partial charge in [-0.2, -0.15) is 11.8 Å². The second kappa shape index (κ2) is 10.2. The van der Waals surface area contributed by atoms with Crippen LogP contribution in [0.4, 0.5) is 0 Å². The van der Waals surface area contributed by atoms with Crippen LogP contribution in [-0.2, 0) is 6.54 Å². The topological polar surface area (TPSA) is 58.5 Å². The van der Waals surface area contributed by atoms with Crippen molar-refractivity contribution < 1.29 is 4.74 Å². The Balaban J connectivity index is 0.00000264. The Morgan fingerprint density at radius 3 is 2.96 bits per heavy atom. The molecule has 1 aromatic rings. The lowest BCUT2D eigenvalue weighted by Gasteiger charge is -2.24. The molecule has 0 saturated carbocycles. The summed E-state index contributed by atoms with van der Waals surface area (Å²) in [6, 6.07) is 3.94. The summed E-state index contributed by atoms with van der Waals surface area (Å²) >= 11 is 2.05. The molecule has 1 unspecified atom stereocenters. The van der Waals surface area contributed by atoms with Crippen molar-refractivity contribution in [2.75, 3.05) is 26.0 Å². The summed E-state index contributed by atoms with van der Waals surface area (Å²) < 4.78 is 5.75. The van der Waals surface area contributed by atoms with E-state index in [1.165, 1.54) is 18.6 Å². The first-order chi connectivity index (χ1) is 10.6. The Morgan fingerprint density at radius 2 is 2.30 bits per heavy atom. The van der Waals surface area contributed by atoms with Crippen molar-refractivity contribution in [3.8, 4) is 5.88 Å². The van der Waals surface area contributed by atoms with Crippen LogP contribution in [-0.4, -0.2) is 41.6 Å². The molecular formula is C16H27IN4OS. The lowest BCUT2D eigenvalue weighted by atomic mass is 10.1. The highest BCUT2D eigenvalue weighted by Gasteiger charge is 2.29. The molecule has 2 heterocycles. The van der Waals surface area contributed by atoms with E-state index < -0.39 is 0 Å². The van der Waals surface area contributed by atoms with Crippen molar-refractivity contribution >= 4 is 41.7 Å². The van der Waals surface area contributed by atoms with Gasteiger partial charge in [0.2, 0.25) is 5.88 Å². The van der Waals surface area contributed by atoms with Gasteiger partial charge in [0.1, 0.15) is 0 Å². The zero-order valence-electron chi connectivity index (χ0n) is 14.1. The largest absolute Gasteiger partial charge is 0.478 e. The minimum Gasteiger partial charge on any atom is -0.478 e. The van der Waals surface area contributed by atoms with Gasteiger partial charge in [-0.3, -0.25) is 4.99 Å². The maximum Gasteiger partial charge on any atom is 0.213 e. The molecule has 0 aliphatic carbocycles. The molecule has 2 rings (SSSR count). The summed E-state index contributed by atoms with van der Waals surface area (Å²) in [7, 11) is 1.80. The van der Waals surface area contributed by atoms with Crippen LogP contribution in [0.3, 0.4) is 0 Å². The second-order valence-corrected chi connectivity index (χ2v) is 7.30. The molecule has 5 nitrogen and oxygen atoms in total. The molecule has 0 radical (unpaired) electrons. The maximum atomic E-state index is 5.42. The molecule has 1 aliphatic rings. The number of ether oxygens (including phenoxy) is 1. The van der Waals surface area contributed by atoms with Crippen LogP contribution in [0.15, 0.2) is 23.3 Å². The maximum absolute atomic E-state index is 5.42. The van der Waals surface area contributed by atoms with E-state index in [0.29, 0.717) is 23.8 Å². The molecule has 2 N–H and O–H groups in total. The fourth-order valence-electron chi connectivity index (χ4n) is 2.44.